The van der Waals surface area contributed by atoms with Gasteiger partial charge in [-0.2, -0.15) is 4.39 Å². The molecule has 0 fully saturated rings. The summed E-state index contributed by atoms with van der Waals surface area (Å²) >= 11 is 0. The van der Waals surface area contributed by atoms with Crippen molar-refractivity contribution in [2.75, 3.05) is 12.4 Å². The number of nitro benzene ring substituents is 1. The average Bonchev–Trinajstić information content (AvgIpc) is 2.42. The molecule has 1 aromatic heterocycles. The molecule has 9 heteroatoms. The Balaban J connectivity index is 2.34. The molecule has 0 aliphatic carbocycles. The first-order chi connectivity index (χ1) is 9.51. The van der Waals surface area contributed by atoms with Crippen LogP contribution in [-0.2, 0) is 0 Å². The summed E-state index contributed by atoms with van der Waals surface area (Å²) in [5.41, 5.74) is -0.964. The molecule has 0 saturated carbocycles. The number of rotatable bonds is 4. The summed E-state index contributed by atoms with van der Waals surface area (Å²) in [5, 5.41) is 13.2. The summed E-state index contributed by atoms with van der Waals surface area (Å²) in [7, 11) is 1.61. The van der Waals surface area contributed by atoms with E-state index in [4.69, 9.17) is 4.74 Å². The van der Waals surface area contributed by atoms with Crippen LogP contribution in [0.2, 0.25) is 0 Å². The van der Waals surface area contributed by atoms with Crippen molar-refractivity contribution in [1.82, 2.24) is 9.97 Å². The summed E-state index contributed by atoms with van der Waals surface area (Å²) in [4.78, 5) is 17.0. The van der Waals surface area contributed by atoms with Gasteiger partial charge in [0.2, 0.25) is 11.7 Å². The van der Waals surface area contributed by atoms with Gasteiger partial charge in [0.1, 0.15) is 12.1 Å². The van der Waals surface area contributed by atoms with Crippen LogP contribution in [0.15, 0.2) is 24.5 Å². The Morgan fingerprint density at radius 1 is 1.25 bits per heavy atom. The maximum absolute atomic E-state index is 13.6. The maximum Gasteiger partial charge on any atom is 0.307 e. The van der Waals surface area contributed by atoms with Gasteiger partial charge >= 0.3 is 5.69 Å². The van der Waals surface area contributed by atoms with E-state index in [1.165, 1.54) is 12.4 Å². The highest BCUT2D eigenvalue weighted by Gasteiger charge is 2.20. The fourth-order valence-electron chi connectivity index (χ4n) is 1.38. The standard InChI is InChI=1S/C11H8F2N4O3/c1-14-10-4-11(16-5-15-10)20-9-3-6(12)8(17(18)19)2-7(9)13/h2-5H,1H3,(H,14,15,16). The number of nitrogens with zero attached hydrogens (tertiary/aromatic N) is 3. The number of anilines is 1. The fourth-order valence-corrected chi connectivity index (χ4v) is 1.38. The Bertz CT molecular complexity index is 666. The van der Waals surface area contributed by atoms with Gasteiger partial charge in [0.15, 0.2) is 11.6 Å². The number of hydrogen-bond donors (Lipinski definition) is 1. The molecule has 1 N–H and O–H groups in total. The van der Waals surface area contributed by atoms with Crippen molar-refractivity contribution in [1.29, 1.82) is 0 Å². The lowest BCUT2D eigenvalue weighted by Gasteiger charge is -2.07. The minimum atomic E-state index is -1.20. The minimum Gasteiger partial charge on any atom is -0.436 e. The van der Waals surface area contributed by atoms with Crippen LogP contribution in [0.4, 0.5) is 20.3 Å². The van der Waals surface area contributed by atoms with Crippen LogP contribution in [0.25, 0.3) is 0 Å². The van der Waals surface area contributed by atoms with Crippen LogP contribution in [0, 0.1) is 21.7 Å². The largest absolute Gasteiger partial charge is 0.436 e. The average molecular weight is 282 g/mol. The number of hydrogen-bond acceptors (Lipinski definition) is 6. The van der Waals surface area contributed by atoms with Crippen molar-refractivity contribution in [3.8, 4) is 11.6 Å². The number of benzene rings is 1. The third kappa shape index (κ3) is 2.76. The van der Waals surface area contributed by atoms with E-state index >= 15 is 0 Å². The van der Waals surface area contributed by atoms with Gasteiger partial charge in [-0.1, -0.05) is 0 Å². The third-order valence-corrected chi connectivity index (χ3v) is 2.31. The summed E-state index contributed by atoms with van der Waals surface area (Å²) in [6, 6.07) is 2.40. The second kappa shape index (κ2) is 5.43. The van der Waals surface area contributed by atoms with Gasteiger partial charge in [0, 0.05) is 19.2 Å². The molecule has 0 spiro atoms. The topological polar surface area (TPSA) is 90.2 Å². The molecule has 0 amide bonds. The van der Waals surface area contributed by atoms with E-state index in [0.29, 0.717) is 18.0 Å². The molecule has 0 unspecified atom stereocenters. The van der Waals surface area contributed by atoms with E-state index in [1.807, 2.05) is 0 Å². The highest BCUT2D eigenvalue weighted by Crippen LogP contribution is 2.29. The molecule has 0 saturated heterocycles. The Morgan fingerprint density at radius 2 is 2.00 bits per heavy atom. The zero-order valence-electron chi connectivity index (χ0n) is 10.1. The van der Waals surface area contributed by atoms with Crippen molar-refractivity contribution >= 4 is 11.5 Å². The molecule has 0 aliphatic heterocycles. The molecule has 0 bridgehead atoms. The maximum atomic E-state index is 13.6. The zero-order valence-corrected chi connectivity index (χ0v) is 10.1. The number of ether oxygens (including phenoxy) is 1. The first kappa shape index (κ1) is 13.6. The quantitative estimate of drug-likeness (QED) is 0.684. The summed E-state index contributed by atoms with van der Waals surface area (Å²) in [5.74, 6) is -2.39. The third-order valence-electron chi connectivity index (χ3n) is 2.31. The van der Waals surface area contributed by atoms with Gasteiger partial charge in [0.25, 0.3) is 0 Å². The van der Waals surface area contributed by atoms with Crippen molar-refractivity contribution in [3.63, 3.8) is 0 Å². The molecule has 2 rings (SSSR count). The van der Waals surface area contributed by atoms with Crippen molar-refractivity contribution in [2.24, 2.45) is 0 Å². The SMILES string of the molecule is CNc1cc(Oc2cc(F)c([N+](=O)[O-])cc2F)ncn1. The van der Waals surface area contributed by atoms with Crippen molar-refractivity contribution in [2.45, 2.75) is 0 Å². The van der Waals surface area contributed by atoms with Gasteiger partial charge < -0.3 is 10.1 Å². The normalized spacial score (nSPS) is 10.2. The number of nitro groups is 1. The lowest BCUT2D eigenvalue weighted by Crippen LogP contribution is -1.98. The van der Waals surface area contributed by atoms with E-state index in [-0.39, 0.29) is 5.88 Å². The number of nitrogens with one attached hydrogen (secondary N) is 1. The van der Waals surface area contributed by atoms with E-state index in [9.17, 15) is 18.9 Å². The smallest absolute Gasteiger partial charge is 0.307 e. The minimum absolute atomic E-state index is 0.0310. The molecule has 2 aromatic rings. The summed E-state index contributed by atoms with van der Waals surface area (Å²) < 4.78 is 32.0. The molecule has 0 aliphatic rings. The highest BCUT2D eigenvalue weighted by molar-refractivity contribution is 5.42. The van der Waals surface area contributed by atoms with Crippen LogP contribution in [-0.4, -0.2) is 21.9 Å². The van der Waals surface area contributed by atoms with Crippen molar-refractivity contribution < 1.29 is 18.4 Å². The van der Waals surface area contributed by atoms with E-state index in [0.717, 1.165) is 0 Å². The van der Waals surface area contributed by atoms with Crippen LogP contribution in [0.5, 0.6) is 11.6 Å². The molecule has 1 aromatic carbocycles. The Labute approximate surface area is 111 Å². The lowest BCUT2D eigenvalue weighted by atomic mass is 10.3. The molecule has 104 valence electrons. The van der Waals surface area contributed by atoms with Gasteiger partial charge in [0.05, 0.1) is 11.0 Å². The number of aromatic nitrogens is 2. The van der Waals surface area contributed by atoms with E-state index in [1.54, 1.807) is 7.05 Å². The van der Waals surface area contributed by atoms with Crippen LogP contribution in [0.1, 0.15) is 0 Å². The predicted octanol–water partition coefficient (Wildman–Crippen LogP) is 2.50. The first-order valence-electron chi connectivity index (χ1n) is 5.32. The molecule has 7 nitrogen and oxygen atoms in total. The predicted molar refractivity (Wildman–Crippen MR) is 64.7 cm³/mol. The van der Waals surface area contributed by atoms with E-state index < -0.39 is 28.0 Å². The van der Waals surface area contributed by atoms with Gasteiger partial charge in [-0.15, -0.1) is 0 Å². The molecule has 0 radical (unpaired) electrons. The Kier molecular flexibility index (Phi) is 3.69. The van der Waals surface area contributed by atoms with E-state index in [2.05, 4.69) is 15.3 Å². The van der Waals surface area contributed by atoms with Gasteiger partial charge in [-0.3, -0.25) is 10.1 Å². The van der Waals surface area contributed by atoms with Crippen LogP contribution < -0.4 is 10.1 Å². The molecular formula is C11H8F2N4O3. The Hall–Kier alpha value is -2.84. The monoisotopic (exact) mass is 282 g/mol. The summed E-state index contributed by atoms with van der Waals surface area (Å²) in [6.45, 7) is 0. The van der Waals surface area contributed by atoms with Gasteiger partial charge in [-0.05, 0) is 0 Å². The van der Waals surface area contributed by atoms with Crippen LogP contribution in [0.3, 0.4) is 0 Å². The zero-order chi connectivity index (χ0) is 14.7. The second-order valence-corrected chi connectivity index (χ2v) is 3.58. The second-order valence-electron chi connectivity index (χ2n) is 3.58. The lowest BCUT2D eigenvalue weighted by molar-refractivity contribution is -0.387. The van der Waals surface area contributed by atoms with Crippen molar-refractivity contribution in [3.05, 3.63) is 46.3 Å². The molecule has 0 atom stereocenters. The van der Waals surface area contributed by atoms with Gasteiger partial charge in [-0.25, -0.2) is 14.4 Å². The number of halogens is 2. The highest BCUT2D eigenvalue weighted by atomic mass is 19.1. The molecule has 20 heavy (non-hydrogen) atoms. The fraction of sp³-hybridized carbons (Fsp3) is 0.0909. The summed E-state index contributed by atoms with van der Waals surface area (Å²) in [6.07, 6.45) is 1.17. The first-order valence-corrected chi connectivity index (χ1v) is 5.32. The molecule has 1 heterocycles. The Morgan fingerprint density at radius 3 is 2.65 bits per heavy atom. The molecular weight excluding hydrogens is 274 g/mol. The van der Waals surface area contributed by atoms with Crippen LogP contribution >= 0.6 is 0 Å².